The molecule has 10 heteroatoms. The molecule has 1 aromatic heterocycles. The van der Waals surface area contributed by atoms with Gasteiger partial charge in [-0.15, -0.1) is 0 Å². The number of benzene rings is 2. The maximum Gasteiger partial charge on any atom is 0.416 e. The zero-order chi connectivity index (χ0) is 23.9. The summed E-state index contributed by atoms with van der Waals surface area (Å²) in [5, 5.41) is 4.55. The van der Waals surface area contributed by atoms with E-state index < -0.39 is 32.4 Å². The SMILES string of the molecule is Bc1cc(C2CC(C)(S(=O)(=O)c3cccc(C(F)(F)F)c3)CCO2)n(Cc2ccccc2)n1. The summed E-state index contributed by atoms with van der Waals surface area (Å²) < 4.78 is 73.0. The molecule has 0 N–H and O–H groups in total. The van der Waals surface area contributed by atoms with Crippen LogP contribution < -0.4 is 5.59 Å². The van der Waals surface area contributed by atoms with E-state index in [9.17, 15) is 21.6 Å². The fraction of sp³-hybridized carbons (Fsp3) is 0.348. The molecule has 1 aliphatic rings. The highest BCUT2D eigenvalue weighted by Gasteiger charge is 2.46. The van der Waals surface area contributed by atoms with Gasteiger partial charge in [-0.2, -0.15) is 18.3 Å². The van der Waals surface area contributed by atoms with E-state index >= 15 is 0 Å². The van der Waals surface area contributed by atoms with Gasteiger partial charge in [0.2, 0.25) is 0 Å². The van der Waals surface area contributed by atoms with E-state index in [2.05, 4.69) is 5.10 Å². The summed E-state index contributed by atoms with van der Waals surface area (Å²) in [6.07, 6.45) is -4.86. The second kappa shape index (κ2) is 8.64. The van der Waals surface area contributed by atoms with Gasteiger partial charge in [0.05, 0.1) is 27.4 Å². The number of ether oxygens (including phenoxy) is 1. The highest BCUT2D eigenvalue weighted by Crippen LogP contribution is 2.42. The van der Waals surface area contributed by atoms with Crippen LogP contribution in [0, 0.1) is 0 Å². The summed E-state index contributed by atoms with van der Waals surface area (Å²) in [4.78, 5) is -0.325. The van der Waals surface area contributed by atoms with Crippen molar-refractivity contribution in [3.63, 3.8) is 0 Å². The minimum Gasteiger partial charge on any atom is -0.372 e. The Morgan fingerprint density at radius 1 is 1.15 bits per heavy atom. The van der Waals surface area contributed by atoms with Crippen LogP contribution in [0.1, 0.15) is 42.7 Å². The van der Waals surface area contributed by atoms with Gasteiger partial charge in [-0.3, -0.25) is 4.68 Å². The van der Waals surface area contributed by atoms with Crippen molar-refractivity contribution in [3.8, 4) is 0 Å². The molecule has 3 aromatic rings. The van der Waals surface area contributed by atoms with Crippen molar-refractivity contribution >= 4 is 23.3 Å². The Morgan fingerprint density at radius 3 is 2.58 bits per heavy atom. The topological polar surface area (TPSA) is 61.2 Å². The van der Waals surface area contributed by atoms with Crippen molar-refractivity contribution in [2.75, 3.05) is 6.61 Å². The van der Waals surface area contributed by atoms with Crippen LogP contribution >= 0.6 is 0 Å². The van der Waals surface area contributed by atoms with Gasteiger partial charge in [0.15, 0.2) is 17.7 Å². The first-order chi connectivity index (χ1) is 15.5. The molecule has 0 amide bonds. The second-order valence-electron chi connectivity index (χ2n) is 8.65. The lowest BCUT2D eigenvalue weighted by molar-refractivity contribution is -0.137. The minimum atomic E-state index is -4.62. The first kappa shape index (κ1) is 23.6. The predicted molar refractivity (Wildman–Crippen MR) is 121 cm³/mol. The molecular formula is C23H24BF3N2O3S. The molecule has 2 unspecified atom stereocenters. The van der Waals surface area contributed by atoms with Crippen molar-refractivity contribution in [1.82, 2.24) is 9.78 Å². The average molecular weight is 476 g/mol. The van der Waals surface area contributed by atoms with Crippen molar-refractivity contribution in [3.05, 3.63) is 77.5 Å². The summed E-state index contributed by atoms with van der Waals surface area (Å²) in [5.41, 5.74) is 1.59. The van der Waals surface area contributed by atoms with Crippen LogP contribution in [-0.2, 0) is 27.3 Å². The third kappa shape index (κ3) is 4.72. The second-order valence-corrected chi connectivity index (χ2v) is 11.1. The summed E-state index contributed by atoms with van der Waals surface area (Å²) in [6, 6.07) is 15.6. The Labute approximate surface area is 191 Å². The molecule has 2 aromatic carbocycles. The fourth-order valence-electron chi connectivity index (χ4n) is 4.24. The first-order valence-electron chi connectivity index (χ1n) is 10.6. The average Bonchev–Trinajstić information content (AvgIpc) is 3.14. The largest absolute Gasteiger partial charge is 0.416 e. The molecule has 2 atom stereocenters. The van der Waals surface area contributed by atoms with Gasteiger partial charge >= 0.3 is 6.18 Å². The minimum absolute atomic E-state index is 0.117. The van der Waals surface area contributed by atoms with Gasteiger partial charge in [-0.1, -0.05) is 36.4 Å². The zero-order valence-electron chi connectivity index (χ0n) is 18.3. The number of alkyl halides is 3. The van der Waals surface area contributed by atoms with Gasteiger partial charge in [-0.25, -0.2) is 8.42 Å². The lowest BCUT2D eigenvalue weighted by Crippen LogP contribution is -2.42. The van der Waals surface area contributed by atoms with Gasteiger partial charge in [0.25, 0.3) is 0 Å². The summed E-state index contributed by atoms with van der Waals surface area (Å²) in [5.74, 6) is 0. The van der Waals surface area contributed by atoms with Crippen molar-refractivity contribution in [2.24, 2.45) is 0 Å². The quantitative estimate of drug-likeness (QED) is 0.531. The number of halogens is 3. The molecule has 33 heavy (non-hydrogen) atoms. The Morgan fingerprint density at radius 2 is 1.88 bits per heavy atom. The molecule has 0 spiro atoms. The third-order valence-electron chi connectivity index (χ3n) is 6.13. The molecule has 1 aliphatic heterocycles. The Balaban J connectivity index is 1.65. The van der Waals surface area contributed by atoms with E-state index in [0.717, 1.165) is 35.0 Å². The number of sulfone groups is 1. The molecule has 0 radical (unpaired) electrons. The van der Waals surface area contributed by atoms with Crippen LogP contribution in [0.2, 0.25) is 0 Å². The zero-order valence-corrected chi connectivity index (χ0v) is 19.2. The summed E-state index contributed by atoms with van der Waals surface area (Å²) in [7, 11) is -2.21. The maximum atomic E-state index is 13.5. The molecule has 0 saturated carbocycles. The van der Waals surface area contributed by atoms with E-state index in [-0.39, 0.29) is 24.3 Å². The van der Waals surface area contributed by atoms with E-state index in [0.29, 0.717) is 6.54 Å². The lowest BCUT2D eigenvalue weighted by Gasteiger charge is -2.37. The van der Waals surface area contributed by atoms with Crippen LogP contribution in [0.5, 0.6) is 0 Å². The molecule has 1 fully saturated rings. The Bertz CT molecular complexity index is 1250. The number of hydrogen-bond acceptors (Lipinski definition) is 4. The van der Waals surface area contributed by atoms with Crippen LogP contribution in [0.4, 0.5) is 13.2 Å². The summed E-state index contributed by atoms with van der Waals surface area (Å²) >= 11 is 0. The van der Waals surface area contributed by atoms with Crippen molar-refractivity contribution in [2.45, 2.75) is 48.2 Å². The highest BCUT2D eigenvalue weighted by atomic mass is 32.2. The van der Waals surface area contributed by atoms with E-state index in [1.54, 1.807) is 11.6 Å². The maximum absolute atomic E-state index is 13.5. The molecular weight excluding hydrogens is 452 g/mol. The van der Waals surface area contributed by atoms with Gasteiger partial charge in [0, 0.05) is 12.2 Å². The Hall–Kier alpha value is -2.59. The summed E-state index contributed by atoms with van der Waals surface area (Å²) in [6.45, 7) is 2.26. The first-order valence-corrected chi connectivity index (χ1v) is 12.1. The van der Waals surface area contributed by atoms with E-state index in [1.165, 1.54) is 6.07 Å². The number of hydrogen-bond donors (Lipinski definition) is 0. The molecule has 0 bridgehead atoms. The molecule has 2 heterocycles. The smallest absolute Gasteiger partial charge is 0.372 e. The van der Waals surface area contributed by atoms with Crippen molar-refractivity contribution < 1.29 is 26.3 Å². The molecule has 1 saturated heterocycles. The van der Waals surface area contributed by atoms with Crippen LogP contribution in [0.25, 0.3) is 0 Å². The number of rotatable bonds is 5. The predicted octanol–water partition coefficient (Wildman–Crippen LogP) is 3.29. The van der Waals surface area contributed by atoms with Gasteiger partial charge in [0.1, 0.15) is 6.10 Å². The third-order valence-corrected chi connectivity index (χ3v) is 8.67. The normalized spacial score (nSPS) is 21.8. The highest BCUT2D eigenvalue weighted by molar-refractivity contribution is 7.92. The van der Waals surface area contributed by atoms with Crippen LogP contribution in [0.15, 0.2) is 65.6 Å². The van der Waals surface area contributed by atoms with Crippen LogP contribution in [-0.4, -0.2) is 37.4 Å². The Kier molecular flexibility index (Phi) is 6.17. The fourth-order valence-corrected chi connectivity index (χ4v) is 6.07. The monoisotopic (exact) mass is 476 g/mol. The molecule has 174 valence electrons. The van der Waals surface area contributed by atoms with Crippen molar-refractivity contribution in [1.29, 1.82) is 0 Å². The van der Waals surface area contributed by atoms with Crippen LogP contribution in [0.3, 0.4) is 0 Å². The number of nitrogens with zero attached hydrogens (tertiary/aromatic N) is 2. The van der Waals surface area contributed by atoms with Gasteiger partial charge in [-0.05, 0) is 49.6 Å². The van der Waals surface area contributed by atoms with E-state index in [1.807, 2.05) is 44.2 Å². The lowest BCUT2D eigenvalue weighted by atomic mass is 9.94. The van der Waals surface area contributed by atoms with E-state index in [4.69, 9.17) is 4.74 Å². The number of aromatic nitrogens is 2. The molecule has 5 nitrogen and oxygen atoms in total. The molecule has 4 rings (SSSR count). The van der Waals surface area contributed by atoms with Gasteiger partial charge < -0.3 is 4.74 Å². The standard InChI is InChI=1S/C23H24BF3N2O3S/c1-22(33(30,31)18-9-5-8-17(12-18)23(25,26)27)10-11-32-20(14-22)19-13-21(24)28-29(19)15-16-6-3-2-4-7-16/h2-9,12-13,20H,10-11,14-15,24H2,1H3. The molecule has 0 aliphatic carbocycles.